The molecule has 2 N–H and O–H groups in total. The molecule has 0 aliphatic carbocycles. The van der Waals surface area contributed by atoms with E-state index in [-0.39, 0.29) is 17.0 Å². The number of aromatic nitrogens is 2. The van der Waals surface area contributed by atoms with Crippen LogP contribution in [-0.2, 0) is 0 Å². The van der Waals surface area contributed by atoms with E-state index in [0.717, 1.165) is 18.4 Å². The summed E-state index contributed by atoms with van der Waals surface area (Å²) in [5.74, 6) is 0.119. The van der Waals surface area contributed by atoms with Gasteiger partial charge in [-0.05, 0) is 30.2 Å². The second kappa shape index (κ2) is 7.54. The first-order chi connectivity index (χ1) is 10.7. The molecule has 0 saturated heterocycles. The monoisotopic (exact) mass is 299 g/mol. The van der Waals surface area contributed by atoms with Gasteiger partial charge in [-0.3, -0.25) is 14.6 Å². The SMILES string of the molecule is CCC(CC)CNC(=O)c1ccc(-c2ccncc2)[nH]c1=O. The predicted octanol–water partition coefficient (Wildman–Crippen LogP) is 2.60. The number of nitrogens with zero attached hydrogens (tertiary/aromatic N) is 1. The molecule has 0 aliphatic heterocycles. The highest BCUT2D eigenvalue weighted by Crippen LogP contribution is 2.13. The van der Waals surface area contributed by atoms with E-state index in [1.54, 1.807) is 36.7 Å². The smallest absolute Gasteiger partial charge is 0.261 e. The molecular weight excluding hydrogens is 278 g/mol. The third-order valence-electron chi connectivity index (χ3n) is 3.85. The molecule has 0 fully saturated rings. The van der Waals surface area contributed by atoms with Crippen LogP contribution in [0.25, 0.3) is 11.3 Å². The minimum atomic E-state index is -0.378. The largest absolute Gasteiger partial charge is 0.352 e. The van der Waals surface area contributed by atoms with Gasteiger partial charge in [0.05, 0.1) is 0 Å². The minimum absolute atomic E-state index is 0.142. The molecule has 0 bridgehead atoms. The Bertz CT molecular complexity index is 676. The number of hydrogen-bond acceptors (Lipinski definition) is 3. The van der Waals surface area contributed by atoms with E-state index in [9.17, 15) is 9.59 Å². The van der Waals surface area contributed by atoms with Crippen molar-refractivity contribution in [1.82, 2.24) is 15.3 Å². The zero-order chi connectivity index (χ0) is 15.9. The molecule has 2 aromatic rings. The summed E-state index contributed by atoms with van der Waals surface area (Å²) >= 11 is 0. The fourth-order valence-electron chi connectivity index (χ4n) is 2.26. The summed E-state index contributed by atoms with van der Waals surface area (Å²) in [7, 11) is 0. The highest BCUT2D eigenvalue weighted by atomic mass is 16.2. The first kappa shape index (κ1) is 15.9. The molecule has 0 saturated carbocycles. The van der Waals surface area contributed by atoms with E-state index >= 15 is 0 Å². The maximum atomic E-state index is 12.1. The number of carbonyl (C=O) groups is 1. The van der Waals surface area contributed by atoms with Crippen LogP contribution in [0, 0.1) is 5.92 Å². The lowest BCUT2D eigenvalue weighted by Gasteiger charge is -2.13. The Hall–Kier alpha value is -2.43. The summed E-state index contributed by atoms with van der Waals surface area (Å²) in [6.07, 6.45) is 5.33. The number of amides is 1. The molecule has 0 aromatic carbocycles. The number of rotatable bonds is 6. The van der Waals surface area contributed by atoms with Crippen molar-refractivity contribution in [1.29, 1.82) is 0 Å². The van der Waals surface area contributed by atoms with Crippen molar-refractivity contribution in [3.05, 3.63) is 52.6 Å². The van der Waals surface area contributed by atoms with Crippen LogP contribution >= 0.6 is 0 Å². The summed E-state index contributed by atoms with van der Waals surface area (Å²) in [4.78, 5) is 30.9. The second-order valence-electron chi connectivity index (χ2n) is 5.24. The molecule has 0 radical (unpaired) electrons. The molecule has 0 atom stereocenters. The molecule has 2 aromatic heterocycles. The second-order valence-corrected chi connectivity index (χ2v) is 5.24. The highest BCUT2D eigenvalue weighted by molar-refractivity contribution is 5.94. The summed E-state index contributed by atoms with van der Waals surface area (Å²) in [5.41, 5.74) is 1.29. The third-order valence-corrected chi connectivity index (χ3v) is 3.85. The average Bonchev–Trinajstić information content (AvgIpc) is 2.56. The van der Waals surface area contributed by atoms with Crippen molar-refractivity contribution < 1.29 is 4.79 Å². The van der Waals surface area contributed by atoms with Gasteiger partial charge in [0, 0.05) is 30.2 Å². The fourth-order valence-corrected chi connectivity index (χ4v) is 2.26. The summed E-state index contributed by atoms with van der Waals surface area (Å²) < 4.78 is 0. The number of aromatic amines is 1. The van der Waals surface area contributed by atoms with Crippen LogP contribution in [0.3, 0.4) is 0 Å². The van der Waals surface area contributed by atoms with Crippen molar-refractivity contribution in [2.24, 2.45) is 5.92 Å². The van der Waals surface area contributed by atoms with E-state index in [1.165, 1.54) is 0 Å². The van der Waals surface area contributed by atoms with Gasteiger partial charge in [0.15, 0.2) is 0 Å². The van der Waals surface area contributed by atoms with E-state index in [1.807, 2.05) is 0 Å². The Balaban J connectivity index is 2.13. The van der Waals surface area contributed by atoms with Crippen molar-refractivity contribution in [2.75, 3.05) is 6.54 Å². The molecule has 22 heavy (non-hydrogen) atoms. The molecule has 0 spiro atoms. The zero-order valence-corrected chi connectivity index (χ0v) is 12.9. The molecule has 5 nitrogen and oxygen atoms in total. The van der Waals surface area contributed by atoms with Gasteiger partial charge in [0.25, 0.3) is 11.5 Å². The normalized spacial score (nSPS) is 10.7. The van der Waals surface area contributed by atoms with E-state index in [0.29, 0.717) is 18.2 Å². The topological polar surface area (TPSA) is 74.8 Å². The van der Waals surface area contributed by atoms with Crippen LogP contribution in [0.5, 0.6) is 0 Å². The van der Waals surface area contributed by atoms with E-state index in [2.05, 4.69) is 29.1 Å². The van der Waals surface area contributed by atoms with Gasteiger partial charge in [0.2, 0.25) is 0 Å². The molecule has 0 aliphatic rings. The number of H-pyrrole nitrogens is 1. The quantitative estimate of drug-likeness (QED) is 0.861. The maximum Gasteiger partial charge on any atom is 0.261 e. The lowest BCUT2D eigenvalue weighted by molar-refractivity contribution is 0.0945. The fraction of sp³-hybridized carbons (Fsp3) is 0.353. The summed E-state index contributed by atoms with van der Waals surface area (Å²) in [5, 5.41) is 2.83. The Morgan fingerprint density at radius 2 is 1.86 bits per heavy atom. The van der Waals surface area contributed by atoms with Crippen LogP contribution in [0.1, 0.15) is 37.0 Å². The molecule has 5 heteroatoms. The number of nitrogens with one attached hydrogen (secondary N) is 2. The Morgan fingerprint density at radius 1 is 1.18 bits per heavy atom. The molecule has 2 rings (SSSR count). The van der Waals surface area contributed by atoms with Gasteiger partial charge in [-0.2, -0.15) is 0 Å². The van der Waals surface area contributed by atoms with Crippen LogP contribution < -0.4 is 10.9 Å². The number of pyridine rings is 2. The Kier molecular flexibility index (Phi) is 5.47. The first-order valence-electron chi connectivity index (χ1n) is 7.57. The highest BCUT2D eigenvalue weighted by Gasteiger charge is 2.12. The lowest BCUT2D eigenvalue weighted by Crippen LogP contribution is -2.33. The van der Waals surface area contributed by atoms with Crippen molar-refractivity contribution in [3.63, 3.8) is 0 Å². The molecule has 2 heterocycles. The van der Waals surface area contributed by atoms with Gasteiger partial charge in [-0.25, -0.2) is 0 Å². The van der Waals surface area contributed by atoms with E-state index in [4.69, 9.17) is 0 Å². The van der Waals surface area contributed by atoms with Gasteiger partial charge in [-0.1, -0.05) is 26.7 Å². The Labute approximate surface area is 129 Å². The predicted molar refractivity (Wildman–Crippen MR) is 86.7 cm³/mol. The van der Waals surface area contributed by atoms with Crippen LogP contribution in [-0.4, -0.2) is 22.4 Å². The maximum absolute atomic E-state index is 12.1. The number of carbonyl (C=O) groups excluding carboxylic acids is 1. The molecular formula is C17H21N3O2. The van der Waals surface area contributed by atoms with Crippen molar-refractivity contribution >= 4 is 5.91 Å². The molecule has 0 unspecified atom stereocenters. The lowest BCUT2D eigenvalue weighted by atomic mass is 10.0. The molecule has 1 amide bonds. The molecule has 116 valence electrons. The van der Waals surface area contributed by atoms with Gasteiger partial charge >= 0.3 is 0 Å². The summed E-state index contributed by atoms with van der Waals surface area (Å²) in [6, 6.07) is 6.91. The Morgan fingerprint density at radius 3 is 2.45 bits per heavy atom. The minimum Gasteiger partial charge on any atom is -0.352 e. The number of hydrogen-bond donors (Lipinski definition) is 2. The average molecular weight is 299 g/mol. The van der Waals surface area contributed by atoms with Gasteiger partial charge in [0.1, 0.15) is 5.56 Å². The van der Waals surface area contributed by atoms with Crippen LogP contribution in [0.4, 0.5) is 0 Å². The van der Waals surface area contributed by atoms with Crippen LogP contribution in [0.15, 0.2) is 41.5 Å². The van der Waals surface area contributed by atoms with Crippen LogP contribution in [0.2, 0.25) is 0 Å². The van der Waals surface area contributed by atoms with E-state index < -0.39 is 0 Å². The third kappa shape index (κ3) is 3.81. The zero-order valence-electron chi connectivity index (χ0n) is 12.9. The first-order valence-corrected chi connectivity index (χ1v) is 7.57. The van der Waals surface area contributed by atoms with Crippen molar-refractivity contribution in [2.45, 2.75) is 26.7 Å². The van der Waals surface area contributed by atoms with Gasteiger partial charge in [-0.15, -0.1) is 0 Å². The van der Waals surface area contributed by atoms with Gasteiger partial charge < -0.3 is 10.3 Å². The summed E-state index contributed by atoms with van der Waals surface area (Å²) in [6.45, 7) is 4.78. The standard InChI is InChI=1S/C17H21N3O2/c1-3-12(4-2)11-19-16(21)14-5-6-15(20-17(14)22)13-7-9-18-10-8-13/h5-10,12H,3-4,11H2,1-2H3,(H,19,21)(H,20,22). The van der Waals surface area contributed by atoms with Crippen molar-refractivity contribution in [3.8, 4) is 11.3 Å².